The normalized spacial score (nSPS) is 17.1. The summed E-state index contributed by atoms with van der Waals surface area (Å²) in [5, 5.41) is 4.44. The van der Waals surface area contributed by atoms with Crippen molar-refractivity contribution in [2.75, 3.05) is 18.8 Å². The predicted octanol–water partition coefficient (Wildman–Crippen LogP) is 1.48. The average molecular weight is 158 g/mol. The maximum Gasteiger partial charge on any atom is 0.156 e. The largest absolute Gasteiger partial charge is 0.365 e. The van der Waals surface area contributed by atoms with E-state index in [2.05, 4.69) is 17.2 Å². The van der Waals surface area contributed by atoms with Crippen LogP contribution < -0.4 is 5.32 Å². The third-order valence-electron chi connectivity index (χ3n) is 1.39. The quantitative estimate of drug-likeness (QED) is 0.629. The number of rotatable bonds is 3. The van der Waals surface area contributed by atoms with Gasteiger partial charge in [0.25, 0.3) is 0 Å². The van der Waals surface area contributed by atoms with Gasteiger partial charge in [-0.2, -0.15) is 0 Å². The fourth-order valence-electron chi connectivity index (χ4n) is 0.814. The minimum absolute atomic E-state index is 0.999. The molecule has 1 aliphatic heterocycles. The molecule has 2 nitrogen and oxygen atoms in total. The van der Waals surface area contributed by atoms with E-state index < -0.39 is 0 Å². The second kappa shape index (κ2) is 4.61. The fourth-order valence-corrected chi connectivity index (χ4v) is 1.58. The standard InChI is InChI=1S/C7H14N2S/c1-2-3-4-8-7-9-5-6-10-7/h2-6H2,1H3,(H,8,9). The van der Waals surface area contributed by atoms with E-state index in [0.717, 1.165) is 24.0 Å². The maximum absolute atomic E-state index is 4.28. The fraction of sp³-hybridized carbons (Fsp3) is 0.857. The number of hydrogen-bond donors (Lipinski definition) is 1. The Hall–Kier alpha value is -0.180. The van der Waals surface area contributed by atoms with Crippen molar-refractivity contribution in [1.29, 1.82) is 0 Å². The molecule has 3 heteroatoms. The zero-order chi connectivity index (χ0) is 7.23. The van der Waals surface area contributed by atoms with Crippen LogP contribution in [-0.4, -0.2) is 24.0 Å². The highest BCUT2D eigenvalue weighted by atomic mass is 32.2. The molecule has 0 amide bonds. The Kier molecular flexibility index (Phi) is 3.65. The zero-order valence-electron chi connectivity index (χ0n) is 6.39. The van der Waals surface area contributed by atoms with Crippen LogP contribution in [0, 0.1) is 0 Å². The molecule has 0 spiro atoms. The molecule has 0 aromatic heterocycles. The molecule has 1 aliphatic rings. The lowest BCUT2D eigenvalue weighted by molar-refractivity contribution is 0.758. The first-order chi connectivity index (χ1) is 4.93. The van der Waals surface area contributed by atoms with Crippen molar-refractivity contribution in [1.82, 2.24) is 5.32 Å². The van der Waals surface area contributed by atoms with Crippen molar-refractivity contribution in [3.8, 4) is 0 Å². The molecule has 0 saturated carbocycles. The number of nitrogens with zero attached hydrogens (tertiary/aromatic N) is 1. The highest BCUT2D eigenvalue weighted by molar-refractivity contribution is 8.14. The lowest BCUT2D eigenvalue weighted by Gasteiger charge is -2.01. The summed E-state index contributed by atoms with van der Waals surface area (Å²) >= 11 is 1.83. The Morgan fingerprint density at radius 3 is 3.20 bits per heavy atom. The number of amidine groups is 1. The van der Waals surface area contributed by atoms with Gasteiger partial charge in [0.15, 0.2) is 5.17 Å². The summed E-state index contributed by atoms with van der Waals surface area (Å²) in [7, 11) is 0. The van der Waals surface area contributed by atoms with Gasteiger partial charge in [0.05, 0.1) is 6.54 Å². The first-order valence-electron chi connectivity index (χ1n) is 3.84. The minimum Gasteiger partial charge on any atom is -0.365 e. The summed E-state index contributed by atoms with van der Waals surface area (Å²) in [6, 6.07) is 0. The van der Waals surface area contributed by atoms with E-state index in [9.17, 15) is 0 Å². The molecule has 0 radical (unpaired) electrons. The highest BCUT2D eigenvalue weighted by Crippen LogP contribution is 2.08. The molecule has 0 aliphatic carbocycles. The van der Waals surface area contributed by atoms with E-state index in [0.29, 0.717) is 0 Å². The van der Waals surface area contributed by atoms with E-state index in [1.807, 2.05) is 11.8 Å². The van der Waals surface area contributed by atoms with Gasteiger partial charge in [0.2, 0.25) is 0 Å². The smallest absolute Gasteiger partial charge is 0.156 e. The SMILES string of the molecule is CCCCNC1=NCCS1. The first kappa shape index (κ1) is 7.92. The number of nitrogens with one attached hydrogen (secondary N) is 1. The molecule has 1 rings (SSSR count). The average Bonchev–Trinajstić information content (AvgIpc) is 2.41. The summed E-state index contributed by atoms with van der Waals surface area (Å²) in [6.07, 6.45) is 2.50. The monoisotopic (exact) mass is 158 g/mol. The number of aliphatic imine (C=N–C) groups is 1. The molecule has 0 fully saturated rings. The molecule has 1 N–H and O–H groups in total. The van der Waals surface area contributed by atoms with Crippen molar-refractivity contribution < 1.29 is 0 Å². The van der Waals surface area contributed by atoms with Gasteiger partial charge in [-0.1, -0.05) is 25.1 Å². The Bertz CT molecular complexity index is 123. The lowest BCUT2D eigenvalue weighted by Crippen LogP contribution is -2.19. The second-order valence-electron chi connectivity index (χ2n) is 2.32. The predicted molar refractivity (Wildman–Crippen MR) is 47.7 cm³/mol. The second-order valence-corrected chi connectivity index (χ2v) is 3.40. The number of thioether (sulfide) groups is 1. The van der Waals surface area contributed by atoms with Crippen LogP contribution >= 0.6 is 11.8 Å². The topological polar surface area (TPSA) is 24.4 Å². The molecule has 0 aromatic rings. The van der Waals surface area contributed by atoms with Crippen LogP contribution in [0.5, 0.6) is 0 Å². The van der Waals surface area contributed by atoms with Crippen molar-refractivity contribution in [2.24, 2.45) is 4.99 Å². The van der Waals surface area contributed by atoms with Gasteiger partial charge < -0.3 is 5.32 Å². The van der Waals surface area contributed by atoms with Gasteiger partial charge in [-0.25, -0.2) is 0 Å². The van der Waals surface area contributed by atoms with Gasteiger partial charge in [-0.15, -0.1) is 0 Å². The minimum atomic E-state index is 0.999. The van der Waals surface area contributed by atoms with Crippen LogP contribution in [0.3, 0.4) is 0 Å². The van der Waals surface area contributed by atoms with E-state index in [1.165, 1.54) is 12.8 Å². The zero-order valence-corrected chi connectivity index (χ0v) is 7.21. The third kappa shape index (κ3) is 2.60. The van der Waals surface area contributed by atoms with Crippen molar-refractivity contribution >= 4 is 16.9 Å². The molecule has 0 atom stereocenters. The van der Waals surface area contributed by atoms with Gasteiger partial charge in [0, 0.05) is 12.3 Å². The maximum atomic E-state index is 4.28. The first-order valence-corrected chi connectivity index (χ1v) is 4.83. The number of unbranched alkanes of at least 4 members (excludes halogenated alkanes) is 1. The van der Waals surface area contributed by atoms with Crippen LogP contribution in [0.15, 0.2) is 4.99 Å². The molecular weight excluding hydrogens is 144 g/mol. The van der Waals surface area contributed by atoms with E-state index in [1.54, 1.807) is 0 Å². The van der Waals surface area contributed by atoms with E-state index in [4.69, 9.17) is 0 Å². The summed E-state index contributed by atoms with van der Waals surface area (Å²) < 4.78 is 0. The molecule has 0 aromatic carbocycles. The van der Waals surface area contributed by atoms with Crippen LogP contribution in [-0.2, 0) is 0 Å². The molecular formula is C7H14N2S. The number of hydrogen-bond acceptors (Lipinski definition) is 3. The summed E-state index contributed by atoms with van der Waals surface area (Å²) in [5.41, 5.74) is 0. The van der Waals surface area contributed by atoms with E-state index >= 15 is 0 Å². The Morgan fingerprint density at radius 2 is 2.60 bits per heavy atom. The molecule has 1 heterocycles. The molecule has 0 saturated heterocycles. The molecule has 0 bridgehead atoms. The van der Waals surface area contributed by atoms with Gasteiger partial charge in [-0.3, -0.25) is 4.99 Å². The highest BCUT2D eigenvalue weighted by Gasteiger charge is 2.03. The Morgan fingerprint density at radius 1 is 1.70 bits per heavy atom. The van der Waals surface area contributed by atoms with Gasteiger partial charge >= 0.3 is 0 Å². The van der Waals surface area contributed by atoms with Crippen LogP contribution in [0.1, 0.15) is 19.8 Å². The van der Waals surface area contributed by atoms with Crippen LogP contribution in [0.2, 0.25) is 0 Å². The van der Waals surface area contributed by atoms with Gasteiger partial charge in [-0.05, 0) is 6.42 Å². The van der Waals surface area contributed by atoms with Crippen molar-refractivity contribution in [3.63, 3.8) is 0 Å². The Labute approximate surface area is 66.5 Å². The van der Waals surface area contributed by atoms with Crippen LogP contribution in [0.4, 0.5) is 0 Å². The molecule has 0 unspecified atom stereocenters. The van der Waals surface area contributed by atoms with Crippen molar-refractivity contribution in [2.45, 2.75) is 19.8 Å². The summed E-state index contributed by atoms with van der Waals surface area (Å²) in [5.74, 6) is 1.16. The van der Waals surface area contributed by atoms with E-state index in [-0.39, 0.29) is 0 Å². The Balaban J connectivity index is 2.01. The van der Waals surface area contributed by atoms with Gasteiger partial charge in [0.1, 0.15) is 0 Å². The summed E-state index contributed by atoms with van der Waals surface area (Å²) in [6.45, 7) is 4.28. The molecule has 10 heavy (non-hydrogen) atoms. The third-order valence-corrected chi connectivity index (χ3v) is 2.33. The van der Waals surface area contributed by atoms with Crippen LogP contribution in [0.25, 0.3) is 0 Å². The van der Waals surface area contributed by atoms with Crippen molar-refractivity contribution in [3.05, 3.63) is 0 Å². The summed E-state index contributed by atoms with van der Waals surface area (Å²) in [4.78, 5) is 4.28. The molecule has 58 valence electrons. The lowest BCUT2D eigenvalue weighted by atomic mass is 10.3.